The van der Waals surface area contributed by atoms with Gasteiger partial charge in [0.15, 0.2) is 0 Å². The van der Waals surface area contributed by atoms with Crippen LogP contribution in [0.5, 0.6) is 0 Å². The Morgan fingerprint density at radius 3 is 2.50 bits per heavy atom. The molecule has 2 N–H and O–H groups in total. The van der Waals surface area contributed by atoms with E-state index < -0.39 is 0 Å². The minimum Gasteiger partial charge on any atom is -0.399 e. The molecule has 0 saturated heterocycles. The molecular formula is C11H15N. The molecule has 0 atom stereocenters. The predicted molar refractivity (Wildman–Crippen MR) is 54.0 cm³/mol. The lowest BCUT2D eigenvalue weighted by Crippen LogP contribution is -1.86. The lowest BCUT2D eigenvalue weighted by molar-refractivity contribution is 1.000. The average Bonchev–Trinajstić information content (AvgIpc) is 2.09. The molecule has 0 aliphatic rings. The fourth-order valence-corrected chi connectivity index (χ4v) is 1.10. The maximum Gasteiger partial charge on any atom is 0.0314 e. The Balaban J connectivity index is 2.47. The molecule has 0 aliphatic carbocycles. The Kier molecular flexibility index (Phi) is 3.39. The summed E-state index contributed by atoms with van der Waals surface area (Å²) in [4.78, 5) is 0. The van der Waals surface area contributed by atoms with Crippen molar-refractivity contribution >= 4 is 5.69 Å². The molecule has 1 rings (SSSR count). The molecule has 12 heavy (non-hydrogen) atoms. The van der Waals surface area contributed by atoms with E-state index in [2.05, 4.69) is 24.3 Å². The van der Waals surface area contributed by atoms with Crippen molar-refractivity contribution in [1.82, 2.24) is 0 Å². The maximum atomic E-state index is 5.57. The number of allylic oxidation sites excluding steroid dienone is 2. The summed E-state index contributed by atoms with van der Waals surface area (Å²) in [6.45, 7) is 2.04. The van der Waals surface area contributed by atoms with Gasteiger partial charge < -0.3 is 5.73 Å². The molecule has 0 aliphatic heterocycles. The highest BCUT2D eigenvalue weighted by atomic mass is 14.5. The minimum absolute atomic E-state index is 0.838. The van der Waals surface area contributed by atoms with Gasteiger partial charge in [-0.3, -0.25) is 0 Å². The molecule has 0 unspecified atom stereocenters. The Morgan fingerprint density at radius 2 is 1.92 bits per heavy atom. The lowest BCUT2D eigenvalue weighted by atomic mass is 10.1. The van der Waals surface area contributed by atoms with Gasteiger partial charge in [-0.1, -0.05) is 24.3 Å². The van der Waals surface area contributed by atoms with Crippen LogP contribution < -0.4 is 5.73 Å². The Bertz CT molecular complexity index is 246. The fourth-order valence-electron chi connectivity index (χ4n) is 1.10. The van der Waals surface area contributed by atoms with E-state index in [0.717, 1.165) is 18.5 Å². The van der Waals surface area contributed by atoms with Gasteiger partial charge in [0, 0.05) is 5.69 Å². The van der Waals surface area contributed by atoms with Crippen LogP contribution in [-0.4, -0.2) is 0 Å². The summed E-state index contributed by atoms with van der Waals surface area (Å²) in [7, 11) is 0. The zero-order valence-electron chi connectivity index (χ0n) is 7.46. The monoisotopic (exact) mass is 161 g/mol. The summed E-state index contributed by atoms with van der Waals surface area (Å²) in [5, 5.41) is 0. The van der Waals surface area contributed by atoms with Gasteiger partial charge in [0.25, 0.3) is 0 Å². The topological polar surface area (TPSA) is 26.0 Å². The van der Waals surface area contributed by atoms with Gasteiger partial charge in [-0.25, -0.2) is 0 Å². The van der Waals surface area contributed by atoms with E-state index in [-0.39, 0.29) is 0 Å². The largest absolute Gasteiger partial charge is 0.399 e. The molecule has 64 valence electrons. The number of nitrogens with two attached hydrogens (primary N) is 1. The van der Waals surface area contributed by atoms with Crippen LogP contribution in [0.1, 0.15) is 18.9 Å². The zero-order valence-corrected chi connectivity index (χ0v) is 7.46. The van der Waals surface area contributed by atoms with Crippen LogP contribution in [0.2, 0.25) is 0 Å². The van der Waals surface area contributed by atoms with Crippen molar-refractivity contribution in [2.24, 2.45) is 0 Å². The molecule has 1 aromatic carbocycles. The third-order valence-electron chi connectivity index (χ3n) is 1.82. The molecule has 0 heterocycles. The first-order valence-corrected chi connectivity index (χ1v) is 4.28. The van der Waals surface area contributed by atoms with Gasteiger partial charge in [-0.15, -0.1) is 0 Å². The predicted octanol–water partition coefficient (Wildman–Crippen LogP) is 2.78. The highest BCUT2D eigenvalue weighted by Crippen LogP contribution is 2.07. The summed E-state index contributed by atoms with van der Waals surface area (Å²) in [5.74, 6) is 0. The number of benzene rings is 1. The third kappa shape index (κ3) is 2.79. The number of rotatable bonds is 3. The Morgan fingerprint density at radius 1 is 1.25 bits per heavy atom. The lowest BCUT2D eigenvalue weighted by Gasteiger charge is -1.98. The van der Waals surface area contributed by atoms with Gasteiger partial charge in [0.1, 0.15) is 0 Å². The van der Waals surface area contributed by atoms with Crippen LogP contribution in [-0.2, 0) is 6.42 Å². The third-order valence-corrected chi connectivity index (χ3v) is 1.82. The van der Waals surface area contributed by atoms with Gasteiger partial charge in [0.05, 0.1) is 0 Å². The van der Waals surface area contributed by atoms with Crippen molar-refractivity contribution in [1.29, 1.82) is 0 Å². The first-order chi connectivity index (χ1) is 5.83. The molecule has 0 spiro atoms. The molecule has 1 heteroatoms. The molecule has 0 aromatic heterocycles. The first kappa shape index (κ1) is 8.85. The normalized spacial score (nSPS) is 10.8. The van der Waals surface area contributed by atoms with Crippen LogP contribution in [0.3, 0.4) is 0 Å². The quantitative estimate of drug-likeness (QED) is 0.535. The van der Waals surface area contributed by atoms with E-state index in [1.54, 1.807) is 0 Å². The zero-order chi connectivity index (χ0) is 8.81. The summed E-state index contributed by atoms with van der Waals surface area (Å²) in [6, 6.07) is 8.06. The molecule has 0 radical (unpaired) electrons. The number of hydrogen-bond donors (Lipinski definition) is 1. The second kappa shape index (κ2) is 4.60. The number of hydrogen-bond acceptors (Lipinski definition) is 1. The van der Waals surface area contributed by atoms with Gasteiger partial charge in [0.2, 0.25) is 0 Å². The van der Waals surface area contributed by atoms with Crippen molar-refractivity contribution in [3.8, 4) is 0 Å². The fraction of sp³-hybridized carbons (Fsp3) is 0.273. The second-order valence-corrected chi connectivity index (χ2v) is 2.85. The molecule has 0 saturated carbocycles. The van der Waals surface area contributed by atoms with Gasteiger partial charge in [-0.2, -0.15) is 0 Å². The second-order valence-electron chi connectivity index (χ2n) is 2.85. The Hall–Kier alpha value is -1.24. The molecule has 0 bridgehead atoms. The van der Waals surface area contributed by atoms with Gasteiger partial charge in [-0.05, 0) is 37.5 Å². The van der Waals surface area contributed by atoms with Crippen LogP contribution in [0.15, 0.2) is 36.4 Å². The summed E-state index contributed by atoms with van der Waals surface area (Å²) in [5.41, 5.74) is 7.75. The molecule has 0 amide bonds. The SMILES string of the molecule is C/C=C\CCc1ccc(N)cc1. The van der Waals surface area contributed by atoms with Gasteiger partial charge >= 0.3 is 0 Å². The number of nitrogen functional groups attached to an aromatic ring is 1. The van der Waals surface area contributed by atoms with E-state index in [4.69, 9.17) is 5.73 Å². The molecule has 0 fully saturated rings. The van der Waals surface area contributed by atoms with E-state index in [0.29, 0.717) is 0 Å². The van der Waals surface area contributed by atoms with Crippen LogP contribution in [0, 0.1) is 0 Å². The van der Waals surface area contributed by atoms with Crippen LogP contribution in [0.4, 0.5) is 5.69 Å². The highest BCUT2D eigenvalue weighted by Gasteiger charge is 1.89. The number of aryl methyl sites for hydroxylation is 1. The summed E-state index contributed by atoms with van der Waals surface area (Å²) >= 11 is 0. The van der Waals surface area contributed by atoms with E-state index in [9.17, 15) is 0 Å². The molecule has 1 aromatic rings. The highest BCUT2D eigenvalue weighted by molar-refractivity contribution is 5.39. The minimum atomic E-state index is 0.838. The average molecular weight is 161 g/mol. The van der Waals surface area contributed by atoms with Crippen molar-refractivity contribution in [2.75, 3.05) is 5.73 Å². The Labute approximate surface area is 73.9 Å². The molecule has 1 nitrogen and oxygen atoms in total. The smallest absolute Gasteiger partial charge is 0.0314 e. The summed E-state index contributed by atoms with van der Waals surface area (Å²) in [6.07, 6.45) is 6.47. The summed E-state index contributed by atoms with van der Waals surface area (Å²) < 4.78 is 0. The van der Waals surface area contributed by atoms with Crippen molar-refractivity contribution in [3.63, 3.8) is 0 Å². The van der Waals surface area contributed by atoms with Crippen molar-refractivity contribution < 1.29 is 0 Å². The van der Waals surface area contributed by atoms with Crippen molar-refractivity contribution in [2.45, 2.75) is 19.8 Å². The van der Waals surface area contributed by atoms with E-state index in [1.807, 2.05) is 19.1 Å². The standard InChI is InChI=1S/C11H15N/c1-2-3-4-5-10-6-8-11(12)9-7-10/h2-3,6-9H,4-5,12H2,1H3/b3-2-. The van der Waals surface area contributed by atoms with Crippen LogP contribution in [0.25, 0.3) is 0 Å². The van der Waals surface area contributed by atoms with Crippen molar-refractivity contribution in [3.05, 3.63) is 42.0 Å². The number of anilines is 1. The van der Waals surface area contributed by atoms with E-state index >= 15 is 0 Å². The van der Waals surface area contributed by atoms with E-state index in [1.165, 1.54) is 5.56 Å². The first-order valence-electron chi connectivity index (χ1n) is 4.28. The maximum absolute atomic E-state index is 5.57. The molecular weight excluding hydrogens is 146 g/mol. The van der Waals surface area contributed by atoms with Crippen LogP contribution >= 0.6 is 0 Å².